The maximum atomic E-state index is 12.5. The lowest BCUT2D eigenvalue weighted by Crippen LogP contribution is -2.43. The number of thiophene rings is 1. The molecule has 5 heteroatoms. The molecule has 4 rings (SSSR count). The molecule has 3 saturated heterocycles. The minimum Gasteiger partial charge on any atom is -0.377 e. The van der Waals surface area contributed by atoms with Gasteiger partial charge in [-0.1, -0.05) is 0 Å². The number of fused-ring (bicyclic) bond motifs is 1. The number of likely N-dealkylation sites (tertiary alicyclic amines) is 2. The minimum absolute atomic E-state index is 0.223. The van der Waals surface area contributed by atoms with Crippen molar-refractivity contribution in [1.82, 2.24) is 9.80 Å². The first kappa shape index (κ1) is 14.7. The number of piperidine rings is 1. The lowest BCUT2D eigenvalue weighted by molar-refractivity contribution is 0.0506. The second-order valence-corrected chi connectivity index (χ2v) is 7.71. The molecule has 3 aliphatic rings. The summed E-state index contributed by atoms with van der Waals surface area (Å²) < 4.78 is 5.77. The van der Waals surface area contributed by atoms with Crippen molar-refractivity contribution in [3.63, 3.8) is 0 Å². The normalized spacial score (nSPS) is 32.4. The van der Waals surface area contributed by atoms with Gasteiger partial charge in [0, 0.05) is 38.2 Å². The molecule has 0 saturated carbocycles. The van der Waals surface area contributed by atoms with Gasteiger partial charge in [-0.25, -0.2) is 0 Å². The summed E-state index contributed by atoms with van der Waals surface area (Å²) in [5.41, 5.74) is 0.861. The zero-order valence-electron chi connectivity index (χ0n) is 12.9. The van der Waals surface area contributed by atoms with Crippen molar-refractivity contribution >= 4 is 17.2 Å². The van der Waals surface area contributed by atoms with Gasteiger partial charge in [0.05, 0.1) is 11.7 Å². The Morgan fingerprint density at radius 3 is 2.95 bits per heavy atom. The second-order valence-electron chi connectivity index (χ2n) is 6.93. The van der Waals surface area contributed by atoms with Crippen LogP contribution in [0.3, 0.4) is 0 Å². The van der Waals surface area contributed by atoms with E-state index in [1.807, 2.05) is 16.8 Å². The van der Waals surface area contributed by atoms with E-state index in [-0.39, 0.29) is 5.91 Å². The molecule has 0 bridgehead atoms. The third-order valence-corrected chi connectivity index (χ3v) is 6.11. The van der Waals surface area contributed by atoms with Gasteiger partial charge in [-0.15, -0.1) is 0 Å². The van der Waals surface area contributed by atoms with E-state index in [1.165, 1.54) is 25.8 Å². The van der Waals surface area contributed by atoms with Crippen LogP contribution in [0.2, 0.25) is 0 Å². The van der Waals surface area contributed by atoms with Crippen LogP contribution in [0.1, 0.15) is 29.6 Å². The Balaban J connectivity index is 1.34. The molecule has 1 aromatic rings. The van der Waals surface area contributed by atoms with E-state index in [9.17, 15) is 4.79 Å². The number of hydrogen-bond donors (Lipinski definition) is 0. The topological polar surface area (TPSA) is 32.8 Å². The summed E-state index contributed by atoms with van der Waals surface area (Å²) in [6, 6.07) is 1.94. The highest BCUT2D eigenvalue weighted by atomic mass is 32.1. The van der Waals surface area contributed by atoms with E-state index >= 15 is 0 Å². The molecule has 0 aromatic carbocycles. The lowest BCUT2D eigenvalue weighted by Gasteiger charge is -2.35. The monoisotopic (exact) mass is 320 g/mol. The fraction of sp³-hybridized carbons (Fsp3) is 0.706. The molecule has 4 heterocycles. The fourth-order valence-electron chi connectivity index (χ4n) is 4.22. The van der Waals surface area contributed by atoms with Gasteiger partial charge in [-0.3, -0.25) is 4.79 Å². The maximum absolute atomic E-state index is 12.5. The predicted octanol–water partition coefficient (Wildman–Crippen LogP) is 2.32. The van der Waals surface area contributed by atoms with Gasteiger partial charge >= 0.3 is 0 Å². The molecule has 3 aliphatic heterocycles. The summed E-state index contributed by atoms with van der Waals surface area (Å²) >= 11 is 1.60. The summed E-state index contributed by atoms with van der Waals surface area (Å²) in [6.45, 7) is 6.21. The van der Waals surface area contributed by atoms with Crippen LogP contribution in [0.15, 0.2) is 16.8 Å². The molecule has 0 N–H and O–H groups in total. The summed E-state index contributed by atoms with van der Waals surface area (Å²) in [6.07, 6.45) is 4.10. The minimum atomic E-state index is 0.223. The van der Waals surface area contributed by atoms with E-state index in [0.29, 0.717) is 17.9 Å². The molecule has 120 valence electrons. The number of carbonyl (C=O) groups is 1. The van der Waals surface area contributed by atoms with Crippen LogP contribution < -0.4 is 0 Å². The highest BCUT2D eigenvalue weighted by molar-refractivity contribution is 7.08. The number of nitrogens with zero attached hydrogens (tertiary/aromatic N) is 2. The van der Waals surface area contributed by atoms with Gasteiger partial charge in [-0.2, -0.15) is 11.3 Å². The number of ether oxygens (including phenoxy) is 1. The highest BCUT2D eigenvalue weighted by Gasteiger charge is 2.39. The van der Waals surface area contributed by atoms with Crippen molar-refractivity contribution in [2.45, 2.75) is 25.4 Å². The van der Waals surface area contributed by atoms with Crippen molar-refractivity contribution in [3.8, 4) is 0 Å². The largest absolute Gasteiger partial charge is 0.377 e. The zero-order valence-corrected chi connectivity index (χ0v) is 13.8. The number of carbonyl (C=O) groups excluding carboxylic acids is 1. The van der Waals surface area contributed by atoms with E-state index in [2.05, 4.69) is 9.80 Å². The Labute approximate surface area is 136 Å². The predicted molar refractivity (Wildman–Crippen MR) is 87.2 cm³/mol. The van der Waals surface area contributed by atoms with Crippen LogP contribution in [0.4, 0.5) is 0 Å². The van der Waals surface area contributed by atoms with Gasteiger partial charge in [0.1, 0.15) is 0 Å². The maximum Gasteiger partial charge on any atom is 0.254 e. The third kappa shape index (κ3) is 2.94. The van der Waals surface area contributed by atoms with Crippen molar-refractivity contribution in [2.24, 2.45) is 11.8 Å². The highest BCUT2D eigenvalue weighted by Crippen LogP contribution is 2.32. The molecular formula is C17H24N2O2S. The molecule has 22 heavy (non-hydrogen) atoms. The first-order chi connectivity index (χ1) is 10.8. The summed E-state index contributed by atoms with van der Waals surface area (Å²) in [5.74, 6) is 1.57. The summed E-state index contributed by atoms with van der Waals surface area (Å²) in [4.78, 5) is 17.2. The van der Waals surface area contributed by atoms with Crippen LogP contribution in [-0.2, 0) is 4.74 Å². The molecule has 1 unspecified atom stereocenters. The first-order valence-electron chi connectivity index (χ1n) is 8.45. The Morgan fingerprint density at radius 2 is 2.18 bits per heavy atom. The lowest BCUT2D eigenvalue weighted by atomic mass is 9.88. The van der Waals surface area contributed by atoms with Gasteiger partial charge in [0.2, 0.25) is 0 Å². The zero-order chi connectivity index (χ0) is 14.9. The van der Waals surface area contributed by atoms with Gasteiger partial charge < -0.3 is 14.5 Å². The fourth-order valence-corrected chi connectivity index (χ4v) is 4.85. The smallest absolute Gasteiger partial charge is 0.254 e. The van der Waals surface area contributed by atoms with E-state index in [4.69, 9.17) is 4.74 Å². The Bertz CT molecular complexity index is 513. The standard InChI is InChI=1S/C17H24N2O2S/c20-17(14-4-7-22-12-14)19-9-13-3-5-18(8-15(13)10-19)11-16-2-1-6-21-16/h4,7,12-13,15-16H,1-3,5-6,8-11H2/t13-,15+,16?/m0/s1. The average Bonchev–Trinajstić information content (AvgIpc) is 3.27. The molecule has 1 aromatic heterocycles. The SMILES string of the molecule is O=C(c1ccsc1)N1C[C@H]2CN(CC3CCCO3)CC[C@H]2C1. The number of rotatable bonds is 3. The average molecular weight is 320 g/mol. The van der Waals surface area contributed by atoms with E-state index in [0.717, 1.165) is 38.3 Å². The van der Waals surface area contributed by atoms with Crippen LogP contribution in [0.25, 0.3) is 0 Å². The summed E-state index contributed by atoms with van der Waals surface area (Å²) in [5, 5.41) is 3.95. The van der Waals surface area contributed by atoms with Gasteiger partial charge in [-0.05, 0) is 49.1 Å². The quantitative estimate of drug-likeness (QED) is 0.857. The van der Waals surface area contributed by atoms with E-state index < -0.39 is 0 Å². The Hall–Kier alpha value is -0.910. The Kier molecular flexibility index (Phi) is 4.20. The van der Waals surface area contributed by atoms with Crippen LogP contribution >= 0.6 is 11.3 Å². The third-order valence-electron chi connectivity index (χ3n) is 5.43. The molecular weight excluding hydrogens is 296 g/mol. The van der Waals surface area contributed by atoms with Crippen LogP contribution in [-0.4, -0.2) is 61.1 Å². The Morgan fingerprint density at radius 1 is 1.27 bits per heavy atom. The molecule has 1 amide bonds. The number of hydrogen-bond acceptors (Lipinski definition) is 4. The van der Waals surface area contributed by atoms with Gasteiger partial charge in [0.25, 0.3) is 5.91 Å². The molecule has 4 nitrogen and oxygen atoms in total. The molecule has 3 atom stereocenters. The molecule has 3 fully saturated rings. The van der Waals surface area contributed by atoms with Crippen molar-refractivity contribution in [2.75, 3.05) is 39.3 Å². The van der Waals surface area contributed by atoms with Crippen molar-refractivity contribution in [3.05, 3.63) is 22.4 Å². The first-order valence-corrected chi connectivity index (χ1v) is 9.39. The molecule has 0 radical (unpaired) electrons. The van der Waals surface area contributed by atoms with Crippen LogP contribution in [0.5, 0.6) is 0 Å². The summed E-state index contributed by atoms with van der Waals surface area (Å²) in [7, 11) is 0. The number of amides is 1. The van der Waals surface area contributed by atoms with Gasteiger partial charge in [0.15, 0.2) is 0 Å². The molecule has 0 spiro atoms. The van der Waals surface area contributed by atoms with E-state index in [1.54, 1.807) is 11.3 Å². The van der Waals surface area contributed by atoms with Crippen LogP contribution in [0, 0.1) is 11.8 Å². The molecule has 0 aliphatic carbocycles. The van der Waals surface area contributed by atoms with Crippen molar-refractivity contribution < 1.29 is 9.53 Å². The van der Waals surface area contributed by atoms with Crippen molar-refractivity contribution in [1.29, 1.82) is 0 Å². The second kappa shape index (κ2) is 6.30.